The number of nitrogens with one attached hydrogen (secondary N) is 1. The molecule has 0 bridgehead atoms. The van der Waals surface area contributed by atoms with Crippen LogP contribution in [0.1, 0.15) is 38.2 Å². The highest BCUT2D eigenvalue weighted by atomic mass is 16.2. The van der Waals surface area contributed by atoms with E-state index < -0.39 is 0 Å². The van der Waals surface area contributed by atoms with Crippen LogP contribution in [0, 0.1) is 5.41 Å². The monoisotopic (exact) mass is 343 g/mol. The number of nitrogens with zero attached hydrogens (tertiary/aromatic N) is 2. The average molecular weight is 343 g/mol. The van der Waals surface area contributed by atoms with Crippen LogP contribution < -0.4 is 5.32 Å². The van der Waals surface area contributed by atoms with Gasteiger partial charge in [-0.05, 0) is 38.3 Å². The van der Waals surface area contributed by atoms with Gasteiger partial charge in [-0.25, -0.2) is 0 Å². The van der Waals surface area contributed by atoms with Gasteiger partial charge in [0.15, 0.2) is 0 Å². The molecule has 25 heavy (non-hydrogen) atoms. The summed E-state index contributed by atoms with van der Waals surface area (Å²) in [5.74, 6) is 0.367. The molecule has 5 heteroatoms. The molecular formula is C20H29N3O2. The summed E-state index contributed by atoms with van der Waals surface area (Å²) in [5, 5.41) is 3.02. The fraction of sp³-hybridized carbons (Fsp3) is 0.600. The molecule has 2 aliphatic rings. The first kappa shape index (κ1) is 17.9. The predicted molar refractivity (Wildman–Crippen MR) is 97.9 cm³/mol. The quantitative estimate of drug-likeness (QED) is 0.890. The Bertz CT molecular complexity index is 604. The fourth-order valence-electron chi connectivity index (χ4n) is 4.22. The largest absolute Gasteiger partial charge is 0.351 e. The van der Waals surface area contributed by atoms with Gasteiger partial charge in [-0.3, -0.25) is 14.5 Å². The number of piperidine rings is 2. The lowest BCUT2D eigenvalue weighted by molar-refractivity contribution is -0.139. The predicted octanol–water partition coefficient (Wildman–Crippen LogP) is 2.03. The summed E-state index contributed by atoms with van der Waals surface area (Å²) in [5.41, 5.74) is 1.30. The lowest BCUT2D eigenvalue weighted by Crippen LogP contribution is -2.55. The van der Waals surface area contributed by atoms with E-state index >= 15 is 0 Å². The van der Waals surface area contributed by atoms with Crippen molar-refractivity contribution in [2.75, 3.05) is 32.7 Å². The standard InChI is InChI=1S/C20H29N3O2/c1-2-23-16-20(11-9-19(23)25)10-6-12-22(15-20)14-18(24)21-13-17-7-4-3-5-8-17/h3-5,7-8H,2,6,9-16H2,1H3,(H,21,24)/t20-/m0/s1. The van der Waals surface area contributed by atoms with E-state index in [1.807, 2.05) is 35.2 Å². The first-order valence-corrected chi connectivity index (χ1v) is 9.41. The van der Waals surface area contributed by atoms with Crippen molar-refractivity contribution in [2.45, 2.75) is 39.2 Å². The number of likely N-dealkylation sites (tertiary alicyclic amines) is 2. The van der Waals surface area contributed by atoms with Gasteiger partial charge in [0.25, 0.3) is 0 Å². The highest BCUT2D eigenvalue weighted by molar-refractivity contribution is 5.78. The third-order valence-corrected chi connectivity index (χ3v) is 5.57. The zero-order valence-corrected chi connectivity index (χ0v) is 15.2. The van der Waals surface area contributed by atoms with E-state index in [2.05, 4.69) is 17.1 Å². The summed E-state index contributed by atoms with van der Waals surface area (Å²) in [4.78, 5) is 28.5. The molecule has 1 spiro atoms. The molecule has 1 aromatic carbocycles. The second kappa shape index (κ2) is 8.00. The van der Waals surface area contributed by atoms with E-state index in [9.17, 15) is 9.59 Å². The van der Waals surface area contributed by atoms with Crippen LogP contribution in [0.5, 0.6) is 0 Å². The highest BCUT2D eigenvalue weighted by Gasteiger charge is 2.41. The molecule has 5 nitrogen and oxygen atoms in total. The van der Waals surface area contributed by atoms with Gasteiger partial charge < -0.3 is 10.2 Å². The molecule has 0 aromatic heterocycles. The summed E-state index contributed by atoms with van der Waals surface area (Å²) < 4.78 is 0. The molecule has 2 saturated heterocycles. The van der Waals surface area contributed by atoms with Crippen LogP contribution in [0.3, 0.4) is 0 Å². The number of carbonyl (C=O) groups is 2. The fourth-order valence-corrected chi connectivity index (χ4v) is 4.22. The molecule has 136 valence electrons. The van der Waals surface area contributed by atoms with Crippen LogP contribution >= 0.6 is 0 Å². The average Bonchev–Trinajstić information content (AvgIpc) is 2.63. The van der Waals surface area contributed by atoms with Gasteiger partial charge in [0.05, 0.1) is 6.54 Å². The lowest BCUT2D eigenvalue weighted by atomic mass is 9.73. The summed E-state index contributed by atoms with van der Waals surface area (Å²) in [7, 11) is 0. The summed E-state index contributed by atoms with van der Waals surface area (Å²) in [6, 6.07) is 10.00. The van der Waals surface area contributed by atoms with Crippen molar-refractivity contribution < 1.29 is 9.59 Å². The van der Waals surface area contributed by atoms with E-state index in [0.29, 0.717) is 19.5 Å². The molecule has 2 heterocycles. The first-order valence-electron chi connectivity index (χ1n) is 9.41. The van der Waals surface area contributed by atoms with Crippen molar-refractivity contribution in [1.29, 1.82) is 0 Å². The molecular weight excluding hydrogens is 314 g/mol. The van der Waals surface area contributed by atoms with Crippen molar-refractivity contribution in [3.63, 3.8) is 0 Å². The van der Waals surface area contributed by atoms with Crippen LogP contribution in [0.2, 0.25) is 0 Å². The van der Waals surface area contributed by atoms with Crippen molar-refractivity contribution >= 4 is 11.8 Å². The molecule has 1 N–H and O–H groups in total. The minimum absolute atomic E-state index is 0.0835. The Hall–Kier alpha value is -1.88. The summed E-state index contributed by atoms with van der Waals surface area (Å²) in [6.45, 7) is 6.62. The van der Waals surface area contributed by atoms with Gasteiger partial charge in [-0.2, -0.15) is 0 Å². The van der Waals surface area contributed by atoms with Gasteiger partial charge in [0.1, 0.15) is 0 Å². The van der Waals surface area contributed by atoms with E-state index in [1.165, 1.54) is 6.42 Å². The Labute approximate surface area is 150 Å². The number of hydrogen-bond donors (Lipinski definition) is 1. The maximum atomic E-state index is 12.3. The van der Waals surface area contributed by atoms with Crippen LogP contribution in [0.4, 0.5) is 0 Å². The topological polar surface area (TPSA) is 52.6 Å². The van der Waals surface area contributed by atoms with E-state index in [-0.39, 0.29) is 17.2 Å². The van der Waals surface area contributed by atoms with Crippen molar-refractivity contribution in [1.82, 2.24) is 15.1 Å². The number of benzene rings is 1. The van der Waals surface area contributed by atoms with Crippen molar-refractivity contribution in [2.24, 2.45) is 5.41 Å². The van der Waals surface area contributed by atoms with E-state index in [4.69, 9.17) is 0 Å². The van der Waals surface area contributed by atoms with Crippen LogP contribution in [0.15, 0.2) is 30.3 Å². The number of rotatable bonds is 5. The Kier molecular flexibility index (Phi) is 5.74. The van der Waals surface area contributed by atoms with Crippen molar-refractivity contribution in [3.8, 4) is 0 Å². The molecule has 0 unspecified atom stereocenters. The second-order valence-electron chi connectivity index (χ2n) is 7.48. The SMILES string of the molecule is CCN1C[C@@]2(CCCN(CC(=O)NCc3ccccc3)C2)CCC1=O. The number of carbonyl (C=O) groups excluding carboxylic acids is 2. The van der Waals surface area contributed by atoms with E-state index in [1.54, 1.807) is 0 Å². The minimum Gasteiger partial charge on any atom is -0.351 e. The maximum Gasteiger partial charge on any atom is 0.234 e. The second-order valence-corrected chi connectivity index (χ2v) is 7.48. The molecule has 2 fully saturated rings. The molecule has 2 aliphatic heterocycles. The molecule has 0 aliphatic carbocycles. The smallest absolute Gasteiger partial charge is 0.234 e. The Balaban J connectivity index is 1.51. The zero-order chi connectivity index (χ0) is 17.7. The summed E-state index contributed by atoms with van der Waals surface area (Å²) in [6.07, 6.45) is 3.89. The van der Waals surface area contributed by atoms with E-state index in [0.717, 1.165) is 44.6 Å². The highest BCUT2D eigenvalue weighted by Crippen LogP contribution is 2.38. The Morgan fingerprint density at radius 1 is 1.20 bits per heavy atom. The third-order valence-electron chi connectivity index (χ3n) is 5.57. The summed E-state index contributed by atoms with van der Waals surface area (Å²) >= 11 is 0. The van der Waals surface area contributed by atoms with Crippen LogP contribution in [-0.2, 0) is 16.1 Å². The maximum absolute atomic E-state index is 12.3. The zero-order valence-electron chi connectivity index (χ0n) is 15.2. The van der Waals surface area contributed by atoms with Gasteiger partial charge >= 0.3 is 0 Å². The number of hydrogen-bond acceptors (Lipinski definition) is 3. The Morgan fingerprint density at radius 3 is 2.76 bits per heavy atom. The molecule has 1 atom stereocenters. The van der Waals surface area contributed by atoms with Crippen molar-refractivity contribution in [3.05, 3.63) is 35.9 Å². The molecule has 0 saturated carbocycles. The van der Waals surface area contributed by atoms with Gasteiger partial charge in [-0.1, -0.05) is 30.3 Å². The van der Waals surface area contributed by atoms with Crippen LogP contribution in [-0.4, -0.2) is 54.3 Å². The van der Waals surface area contributed by atoms with Crippen LogP contribution in [0.25, 0.3) is 0 Å². The normalized spacial score (nSPS) is 24.5. The molecule has 1 aromatic rings. The number of amides is 2. The molecule has 0 radical (unpaired) electrons. The Morgan fingerprint density at radius 2 is 2.00 bits per heavy atom. The first-order chi connectivity index (χ1) is 12.1. The molecule has 2 amide bonds. The van der Waals surface area contributed by atoms with Gasteiger partial charge in [0.2, 0.25) is 11.8 Å². The lowest BCUT2D eigenvalue weighted by Gasteiger charge is -2.48. The van der Waals surface area contributed by atoms with Gasteiger partial charge in [-0.15, -0.1) is 0 Å². The van der Waals surface area contributed by atoms with Gasteiger partial charge in [0, 0.05) is 38.0 Å². The molecule has 3 rings (SSSR count). The third kappa shape index (κ3) is 4.60. The minimum atomic E-state index is 0.0835.